The SMILES string of the molecule is CCOCCOCc1cccc(CNC(=NC)NCCOc2ccc(C)cc2)c1.I. The predicted octanol–water partition coefficient (Wildman–Crippen LogP) is 3.91. The lowest BCUT2D eigenvalue weighted by molar-refractivity contribution is 0.0453. The van der Waals surface area contributed by atoms with Gasteiger partial charge in [0.1, 0.15) is 12.4 Å². The fraction of sp³-hybridized carbons (Fsp3) is 0.435. The number of benzene rings is 2. The lowest BCUT2D eigenvalue weighted by Gasteiger charge is -2.13. The van der Waals surface area contributed by atoms with E-state index in [1.807, 2.05) is 37.3 Å². The quantitative estimate of drug-likeness (QED) is 0.190. The number of nitrogens with zero attached hydrogens (tertiary/aromatic N) is 1. The largest absolute Gasteiger partial charge is 0.492 e. The van der Waals surface area contributed by atoms with Gasteiger partial charge >= 0.3 is 0 Å². The number of hydrogen-bond acceptors (Lipinski definition) is 4. The molecular formula is C23H34IN3O3. The molecule has 6 nitrogen and oxygen atoms in total. The zero-order valence-electron chi connectivity index (χ0n) is 18.1. The Kier molecular flexibility index (Phi) is 13.9. The molecule has 0 heterocycles. The summed E-state index contributed by atoms with van der Waals surface area (Å²) in [6.45, 7) is 8.51. The molecule has 2 N–H and O–H groups in total. The first-order valence-corrected chi connectivity index (χ1v) is 10.1. The average molecular weight is 527 g/mol. The van der Waals surface area contributed by atoms with Crippen LogP contribution in [0.2, 0.25) is 0 Å². The number of nitrogens with one attached hydrogen (secondary N) is 2. The van der Waals surface area contributed by atoms with Crippen molar-refractivity contribution in [3.05, 3.63) is 65.2 Å². The van der Waals surface area contributed by atoms with Gasteiger partial charge in [0, 0.05) is 20.2 Å². The fourth-order valence-electron chi connectivity index (χ4n) is 2.66. The highest BCUT2D eigenvalue weighted by atomic mass is 127. The van der Waals surface area contributed by atoms with Gasteiger partial charge in [-0.25, -0.2) is 0 Å². The molecule has 7 heteroatoms. The van der Waals surface area contributed by atoms with Gasteiger partial charge in [0.2, 0.25) is 0 Å². The highest BCUT2D eigenvalue weighted by molar-refractivity contribution is 14.0. The van der Waals surface area contributed by atoms with E-state index in [1.165, 1.54) is 11.1 Å². The van der Waals surface area contributed by atoms with Crippen LogP contribution >= 0.6 is 24.0 Å². The maximum Gasteiger partial charge on any atom is 0.191 e. The molecule has 0 fully saturated rings. The van der Waals surface area contributed by atoms with Crippen molar-refractivity contribution < 1.29 is 14.2 Å². The Morgan fingerprint density at radius 2 is 1.67 bits per heavy atom. The molecule has 0 saturated heterocycles. The molecule has 0 radical (unpaired) electrons. The van der Waals surface area contributed by atoms with Crippen LogP contribution in [-0.4, -0.2) is 46.0 Å². The van der Waals surface area contributed by atoms with Crippen molar-refractivity contribution >= 4 is 29.9 Å². The summed E-state index contributed by atoms with van der Waals surface area (Å²) >= 11 is 0. The summed E-state index contributed by atoms with van der Waals surface area (Å²) in [6, 6.07) is 16.4. The third-order valence-electron chi connectivity index (χ3n) is 4.20. The van der Waals surface area contributed by atoms with Gasteiger partial charge < -0.3 is 24.8 Å². The summed E-state index contributed by atoms with van der Waals surface area (Å²) in [7, 11) is 1.76. The molecule has 0 saturated carbocycles. The number of guanidine groups is 1. The molecule has 166 valence electrons. The lowest BCUT2D eigenvalue weighted by atomic mass is 10.1. The van der Waals surface area contributed by atoms with Crippen molar-refractivity contribution in [1.29, 1.82) is 0 Å². The minimum Gasteiger partial charge on any atom is -0.492 e. The van der Waals surface area contributed by atoms with E-state index in [0.717, 1.165) is 23.9 Å². The maximum absolute atomic E-state index is 5.73. The monoisotopic (exact) mass is 527 g/mol. The average Bonchev–Trinajstić information content (AvgIpc) is 2.74. The van der Waals surface area contributed by atoms with Crippen LogP contribution in [-0.2, 0) is 22.6 Å². The number of aliphatic imine (C=N–C) groups is 1. The Morgan fingerprint density at radius 3 is 2.40 bits per heavy atom. The van der Waals surface area contributed by atoms with Crippen molar-refractivity contribution in [2.45, 2.75) is 27.0 Å². The molecule has 0 bridgehead atoms. The minimum atomic E-state index is 0. The first-order chi connectivity index (χ1) is 14.2. The van der Waals surface area contributed by atoms with Gasteiger partial charge in [0.05, 0.1) is 26.4 Å². The second-order valence-corrected chi connectivity index (χ2v) is 6.58. The van der Waals surface area contributed by atoms with Gasteiger partial charge in [-0.2, -0.15) is 0 Å². The first kappa shape index (κ1) is 26.2. The Balaban J connectivity index is 0.00000450. The van der Waals surface area contributed by atoms with Crippen LogP contribution in [0.25, 0.3) is 0 Å². The standard InChI is InChI=1S/C23H33N3O3.HI/c1-4-27-14-15-28-18-21-7-5-6-20(16-21)17-26-23(24-3)25-12-13-29-22-10-8-19(2)9-11-22;/h5-11,16H,4,12-15,17-18H2,1-3H3,(H2,24,25,26);1H. The van der Waals surface area contributed by atoms with Crippen LogP contribution in [0.1, 0.15) is 23.6 Å². The number of halogens is 1. The molecule has 30 heavy (non-hydrogen) atoms. The van der Waals surface area contributed by atoms with E-state index in [1.54, 1.807) is 7.05 Å². The van der Waals surface area contributed by atoms with Crippen LogP contribution in [0.5, 0.6) is 5.75 Å². The van der Waals surface area contributed by atoms with Gasteiger partial charge in [0.15, 0.2) is 5.96 Å². The second-order valence-electron chi connectivity index (χ2n) is 6.58. The van der Waals surface area contributed by atoms with Crippen LogP contribution < -0.4 is 15.4 Å². The van der Waals surface area contributed by atoms with Gasteiger partial charge in [-0.1, -0.05) is 42.0 Å². The summed E-state index contributed by atoms with van der Waals surface area (Å²) in [6.07, 6.45) is 0. The van der Waals surface area contributed by atoms with Crippen LogP contribution in [0, 0.1) is 6.92 Å². The fourth-order valence-corrected chi connectivity index (χ4v) is 2.66. The summed E-state index contributed by atoms with van der Waals surface area (Å²) in [4.78, 5) is 4.26. The Hall–Kier alpha value is -1.84. The smallest absolute Gasteiger partial charge is 0.191 e. The molecule has 0 aliphatic heterocycles. The number of aryl methyl sites for hydroxylation is 1. The zero-order chi connectivity index (χ0) is 20.7. The zero-order valence-corrected chi connectivity index (χ0v) is 20.5. The third kappa shape index (κ3) is 10.8. The molecule has 0 aliphatic carbocycles. The highest BCUT2D eigenvalue weighted by Crippen LogP contribution is 2.10. The van der Waals surface area contributed by atoms with Gasteiger partial charge in [-0.3, -0.25) is 4.99 Å². The molecule has 0 atom stereocenters. The van der Waals surface area contributed by atoms with Crippen molar-refractivity contribution in [3.63, 3.8) is 0 Å². The van der Waals surface area contributed by atoms with E-state index in [2.05, 4.69) is 40.7 Å². The number of rotatable bonds is 12. The van der Waals surface area contributed by atoms with E-state index >= 15 is 0 Å². The Bertz CT molecular complexity index is 739. The number of hydrogen-bond donors (Lipinski definition) is 2. The second kappa shape index (κ2) is 15.9. The normalized spacial score (nSPS) is 11.0. The highest BCUT2D eigenvalue weighted by Gasteiger charge is 2.01. The van der Waals surface area contributed by atoms with Gasteiger partial charge in [-0.15, -0.1) is 24.0 Å². The van der Waals surface area contributed by atoms with E-state index < -0.39 is 0 Å². The third-order valence-corrected chi connectivity index (χ3v) is 4.20. The van der Waals surface area contributed by atoms with E-state index in [-0.39, 0.29) is 24.0 Å². The molecular weight excluding hydrogens is 493 g/mol. The van der Waals surface area contributed by atoms with Gasteiger partial charge in [0.25, 0.3) is 0 Å². The number of ether oxygens (including phenoxy) is 3. The maximum atomic E-state index is 5.73. The summed E-state index contributed by atoms with van der Waals surface area (Å²) < 4.78 is 16.6. The van der Waals surface area contributed by atoms with E-state index in [4.69, 9.17) is 14.2 Å². The molecule has 2 aromatic rings. The van der Waals surface area contributed by atoms with Crippen molar-refractivity contribution in [1.82, 2.24) is 10.6 Å². The molecule has 0 aliphatic rings. The molecule has 0 spiro atoms. The predicted molar refractivity (Wildman–Crippen MR) is 133 cm³/mol. The van der Waals surface area contributed by atoms with Crippen LogP contribution in [0.4, 0.5) is 0 Å². The molecule has 0 unspecified atom stereocenters. The van der Waals surface area contributed by atoms with E-state index in [0.29, 0.717) is 39.5 Å². The Morgan fingerprint density at radius 1 is 0.933 bits per heavy atom. The molecule has 2 rings (SSSR count). The Labute approximate surface area is 197 Å². The lowest BCUT2D eigenvalue weighted by Crippen LogP contribution is -2.38. The van der Waals surface area contributed by atoms with Crippen molar-refractivity contribution in [2.24, 2.45) is 4.99 Å². The van der Waals surface area contributed by atoms with Crippen molar-refractivity contribution in [3.8, 4) is 5.75 Å². The molecule has 2 aromatic carbocycles. The van der Waals surface area contributed by atoms with E-state index in [9.17, 15) is 0 Å². The topological polar surface area (TPSA) is 64.1 Å². The first-order valence-electron chi connectivity index (χ1n) is 10.1. The van der Waals surface area contributed by atoms with Crippen LogP contribution in [0.15, 0.2) is 53.5 Å². The minimum absolute atomic E-state index is 0. The summed E-state index contributed by atoms with van der Waals surface area (Å²) in [5, 5.41) is 6.59. The summed E-state index contributed by atoms with van der Waals surface area (Å²) in [5.41, 5.74) is 3.55. The molecule has 0 aromatic heterocycles. The molecule has 0 amide bonds. The summed E-state index contributed by atoms with van der Waals surface area (Å²) in [5.74, 6) is 1.62. The van der Waals surface area contributed by atoms with Crippen LogP contribution in [0.3, 0.4) is 0 Å². The van der Waals surface area contributed by atoms with Crippen molar-refractivity contribution in [2.75, 3.05) is 40.0 Å². The van der Waals surface area contributed by atoms with Gasteiger partial charge in [-0.05, 0) is 37.1 Å².